The van der Waals surface area contributed by atoms with Crippen LogP contribution in [-0.4, -0.2) is 57.4 Å². The Morgan fingerprint density at radius 3 is 2.79 bits per heavy atom. The molecule has 0 aromatic heterocycles. The Kier molecular flexibility index (Phi) is 6.43. The van der Waals surface area contributed by atoms with Gasteiger partial charge in [0.1, 0.15) is 0 Å². The standard InChI is InChI=1S/C17H25N3O4/c1-12(2)10-22-17(18-7-8-20(3)4)19-16(21)13-5-6-14-15(9-13)24-11-23-14/h5-6,9,12H,7-8,10-11H2,1-4H3,(H,18,19,21). The van der Waals surface area contributed by atoms with Crippen molar-refractivity contribution < 1.29 is 19.0 Å². The number of aliphatic imine (C=N–C) groups is 1. The summed E-state index contributed by atoms with van der Waals surface area (Å²) >= 11 is 0. The second-order valence-electron chi connectivity index (χ2n) is 6.22. The van der Waals surface area contributed by atoms with Gasteiger partial charge in [-0.1, -0.05) is 13.8 Å². The lowest BCUT2D eigenvalue weighted by atomic mass is 10.2. The van der Waals surface area contributed by atoms with Gasteiger partial charge >= 0.3 is 0 Å². The Balaban J connectivity index is 2.02. The van der Waals surface area contributed by atoms with Gasteiger partial charge in [-0.15, -0.1) is 0 Å². The summed E-state index contributed by atoms with van der Waals surface area (Å²) in [6.07, 6.45) is 0. The second kappa shape index (κ2) is 8.54. The van der Waals surface area contributed by atoms with Gasteiger partial charge in [-0.25, -0.2) is 4.99 Å². The smallest absolute Gasteiger partial charge is 0.291 e. The zero-order valence-corrected chi connectivity index (χ0v) is 14.7. The van der Waals surface area contributed by atoms with Gasteiger partial charge < -0.3 is 19.1 Å². The largest absolute Gasteiger partial charge is 0.465 e. The number of carbonyl (C=O) groups is 1. The van der Waals surface area contributed by atoms with E-state index in [-0.39, 0.29) is 18.7 Å². The van der Waals surface area contributed by atoms with E-state index in [0.29, 0.717) is 36.1 Å². The highest BCUT2D eigenvalue weighted by Crippen LogP contribution is 2.32. The third kappa shape index (κ3) is 5.42. The van der Waals surface area contributed by atoms with Crippen molar-refractivity contribution >= 4 is 11.9 Å². The van der Waals surface area contributed by atoms with E-state index in [1.54, 1.807) is 18.2 Å². The van der Waals surface area contributed by atoms with E-state index in [0.717, 1.165) is 6.54 Å². The molecule has 1 heterocycles. The molecule has 1 aromatic rings. The normalized spacial score (nSPS) is 13.5. The van der Waals surface area contributed by atoms with Crippen molar-refractivity contribution in [2.24, 2.45) is 10.9 Å². The summed E-state index contributed by atoms with van der Waals surface area (Å²) in [5.41, 5.74) is 0.465. The molecule has 0 saturated carbocycles. The Morgan fingerprint density at radius 1 is 1.33 bits per heavy atom. The highest BCUT2D eigenvalue weighted by molar-refractivity contribution is 6.04. The van der Waals surface area contributed by atoms with Gasteiger partial charge in [-0.05, 0) is 38.2 Å². The van der Waals surface area contributed by atoms with Gasteiger partial charge in [0.15, 0.2) is 11.5 Å². The minimum Gasteiger partial charge on any atom is -0.465 e. The zero-order chi connectivity index (χ0) is 17.5. The quantitative estimate of drug-likeness (QED) is 0.633. The summed E-state index contributed by atoms with van der Waals surface area (Å²) in [6.45, 7) is 6.06. The lowest BCUT2D eigenvalue weighted by Gasteiger charge is -2.13. The zero-order valence-electron chi connectivity index (χ0n) is 14.7. The maximum atomic E-state index is 12.4. The van der Waals surface area contributed by atoms with E-state index < -0.39 is 0 Å². The lowest BCUT2D eigenvalue weighted by molar-refractivity contribution is 0.0962. The van der Waals surface area contributed by atoms with Crippen LogP contribution in [0.4, 0.5) is 0 Å². The van der Waals surface area contributed by atoms with E-state index in [1.807, 2.05) is 32.8 Å². The van der Waals surface area contributed by atoms with Gasteiger partial charge in [0, 0.05) is 12.1 Å². The van der Waals surface area contributed by atoms with Crippen LogP contribution in [0.15, 0.2) is 23.2 Å². The molecule has 132 valence electrons. The van der Waals surface area contributed by atoms with Crippen LogP contribution in [0.25, 0.3) is 0 Å². The molecule has 0 saturated heterocycles. The molecule has 1 aliphatic rings. The van der Waals surface area contributed by atoms with Crippen molar-refractivity contribution in [3.8, 4) is 11.5 Å². The van der Waals surface area contributed by atoms with Gasteiger partial charge in [-0.2, -0.15) is 0 Å². The van der Waals surface area contributed by atoms with Gasteiger partial charge in [0.05, 0.1) is 13.2 Å². The molecular formula is C17H25N3O4. The molecule has 7 nitrogen and oxygen atoms in total. The van der Waals surface area contributed by atoms with Crippen molar-refractivity contribution in [1.29, 1.82) is 0 Å². The number of likely N-dealkylation sites (N-methyl/N-ethyl adjacent to an activating group) is 1. The number of amidine groups is 1. The molecule has 0 bridgehead atoms. The topological polar surface area (TPSA) is 72.4 Å². The van der Waals surface area contributed by atoms with Crippen molar-refractivity contribution in [2.45, 2.75) is 13.8 Å². The summed E-state index contributed by atoms with van der Waals surface area (Å²) < 4.78 is 16.2. The fourth-order valence-corrected chi connectivity index (χ4v) is 1.93. The first-order chi connectivity index (χ1) is 11.5. The molecule has 0 unspecified atom stereocenters. The molecule has 0 spiro atoms. The van der Waals surface area contributed by atoms with Crippen LogP contribution >= 0.6 is 0 Å². The number of fused-ring (bicyclic) bond motifs is 1. The molecule has 0 fully saturated rings. The molecule has 1 N–H and O–H groups in total. The van der Waals surface area contributed by atoms with Crippen molar-refractivity contribution in [1.82, 2.24) is 10.2 Å². The SMILES string of the molecule is CC(C)COC(=NCCN(C)C)NC(=O)c1ccc2c(c1)OCO2. The molecule has 2 rings (SSSR count). The number of nitrogens with one attached hydrogen (secondary N) is 1. The van der Waals surface area contributed by atoms with Gasteiger partial charge in [0.2, 0.25) is 6.79 Å². The molecule has 7 heteroatoms. The molecular weight excluding hydrogens is 310 g/mol. The average Bonchev–Trinajstić information content (AvgIpc) is 2.99. The van der Waals surface area contributed by atoms with Gasteiger partial charge in [-0.3, -0.25) is 10.1 Å². The number of benzene rings is 1. The number of hydrogen-bond donors (Lipinski definition) is 1. The number of amides is 1. The van der Waals surface area contributed by atoms with Crippen molar-refractivity contribution in [3.05, 3.63) is 23.8 Å². The van der Waals surface area contributed by atoms with Crippen LogP contribution in [0.5, 0.6) is 11.5 Å². The minimum absolute atomic E-state index is 0.176. The van der Waals surface area contributed by atoms with Crippen LogP contribution < -0.4 is 14.8 Å². The fraction of sp³-hybridized carbons (Fsp3) is 0.529. The molecule has 1 aromatic carbocycles. The fourth-order valence-electron chi connectivity index (χ4n) is 1.93. The van der Waals surface area contributed by atoms with Crippen molar-refractivity contribution in [3.63, 3.8) is 0 Å². The number of ether oxygens (including phenoxy) is 3. The molecule has 24 heavy (non-hydrogen) atoms. The molecule has 0 radical (unpaired) electrons. The highest BCUT2D eigenvalue weighted by Gasteiger charge is 2.17. The summed E-state index contributed by atoms with van der Waals surface area (Å²) in [7, 11) is 3.94. The first-order valence-corrected chi connectivity index (χ1v) is 7.98. The van der Waals surface area contributed by atoms with Crippen LogP contribution in [0, 0.1) is 5.92 Å². The van der Waals surface area contributed by atoms with E-state index >= 15 is 0 Å². The maximum absolute atomic E-state index is 12.4. The number of nitrogens with zero attached hydrogens (tertiary/aromatic N) is 2. The van der Waals surface area contributed by atoms with Crippen LogP contribution in [0.3, 0.4) is 0 Å². The third-order valence-electron chi connectivity index (χ3n) is 3.21. The van der Waals surface area contributed by atoms with E-state index in [9.17, 15) is 4.79 Å². The van der Waals surface area contributed by atoms with Crippen molar-refractivity contribution in [2.75, 3.05) is 40.6 Å². The molecule has 0 aliphatic carbocycles. The number of hydrogen-bond acceptors (Lipinski definition) is 6. The summed E-state index contributed by atoms with van der Waals surface area (Å²) in [4.78, 5) is 18.8. The number of carbonyl (C=O) groups excluding carboxylic acids is 1. The lowest BCUT2D eigenvalue weighted by Crippen LogP contribution is -2.34. The van der Waals surface area contributed by atoms with E-state index in [2.05, 4.69) is 10.3 Å². The van der Waals surface area contributed by atoms with Crippen LogP contribution in [0.2, 0.25) is 0 Å². The van der Waals surface area contributed by atoms with Crippen LogP contribution in [-0.2, 0) is 4.74 Å². The predicted molar refractivity (Wildman–Crippen MR) is 91.7 cm³/mol. The Labute approximate surface area is 142 Å². The summed E-state index contributed by atoms with van der Waals surface area (Å²) in [5.74, 6) is 1.26. The van der Waals surface area contributed by atoms with E-state index in [1.165, 1.54) is 0 Å². The average molecular weight is 335 g/mol. The molecule has 1 amide bonds. The van der Waals surface area contributed by atoms with Crippen LogP contribution in [0.1, 0.15) is 24.2 Å². The summed E-state index contributed by atoms with van der Waals surface area (Å²) in [6, 6.07) is 5.29. The first kappa shape index (κ1) is 18.1. The number of rotatable bonds is 6. The molecule has 1 aliphatic heterocycles. The Bertz CT molecular complexity index is 599. The summed E-state index contributed by atoms with van der Waals surface area (Å²) in [5, 5.41) is 2.73. The molecule has 0 atom stereocenters. The maximum Gasteiger partial charge on any atom is 0.291 e. The third-order valence-corrected chi connectivity index (χ3v) is 3.21. The van der Waals surface area contributed by atoms with E-state index in [4.69, 9.17) is 14.2 Å². The predicted octanol–water partition coefficient (Wildman–Crippen LogP) is 1.74. The monoisotopic (exact) mass is 335 g/mol. The Hall–Kier alpha value is -2.28. The Morgan fingerprint density at radius 2 is 2.08 bits per heavy atom. The van der Waals surface area contributed by atoms with Gasteiger partial charge in [0.25, 0.3) is 11.9 Å². The first-order valence-electron chi connectivity index (χ1n) is 7.98. The second-order valence-corrected chi connectivity index (χ2v) is 6.22. The minimum atomic E-state index is -0.291. The highest BCUT2D eigenvalue weighted by atomic mass is 16.7.